The second-order valence-electron chi connectivity index (χ2n) is 4.03. The van der Waals surface area contributed by atoms with Crippen molar-refractivity contribution in [3.05, 3.63) is 42.0 Å². The molecule has 1 aromatic carbocycles. The molecule has 0 bridgehead atoms. The number of hydrogen-bond donors (Lipinski definition) is 0. The van der Waals surface area contributed by atoms with Crippen LogP contribution in [0.3, 0.4) is 0 Å². The summed E-state index contributed by atoms with van der Waals surface area (Å²) in [6.07, 6.45) is -3.52. The quantitative estimate of drug-likeness (QED) is 0.609. The lowest BCUT2D eigenvalue weighted by Gasteiger charge is -2.11. The van der Waals surface area contributed by atoms with Crippen LogP contribution < -0.4 is 0 Å². The third kappa shape index (κ3) is 4.24. The molecule has 0 aliphatic rings. The number of rotatable bonds is 3. The van der Waals surface area contributed by atoms with Crippen molar-refractivity contribution in [3.8, 4) is 0 Å². The van der Waals surface area contributed by atoms with Gasteiger partial charge < -0.3 is 4.74 Å². The summed E-state index contributed by atoms with van der Waals surface area (Å²) in [4.78, 5) is 10.8. The fourth-order valence-corrected chi connectivity index (χ4v) is 1.25. The highest BCUT2D eigenvalue weighted by Crippen LogP contribution is 2.24. The SMILES string of the molecule is CC(C)C=C(OC(=O)C(F)(F)F)c1ccccc1. The zero-order valence-corrected chi connectivity index (χ0v) is 9.99. The first-order valence-corrected chi connectivity index (χ1v) is 5.37. The van der Waals surface area contributed by atoms with Crippen LogP contribution in [0.4, 0.5) is 13.2 Å². The van der Waals surface area contributed by atoms with E-state index in [2.05, 4.69) is 4.74 Å². The summed E-state index contributed by atoms with van der Waals surface area (Å²) in [5, 5.41) is 0. The molecular formula is C13H13F3O2. The van der Waals surface area contributed by atoms with Gasteiger partial charge in [-0.2, -0.15) is 13.2 Å². The molecule has 0 spiro atoms. The summed E-state index contributed by atoms with van der Waals surface area (Å²) in [5.41, 5.74) is 0.434. The minimum Gasteiger partial charge on any atom is -0.420 e. The summed E-state index contributed by atoms with van der Waals surface area (Å²) >= 11 is 0. The van der Waals surface area contributed by atoms with Gasteiger partial charge >= 0.3 is 12.1 Å². The van der Waals surface area contributed by atoms with E-state index < -0.39 is 12.1 Å². The third-order valence-electron chi connectivity index (χ3n) is 1.98. The maximum atomic E-state index is 12.2. The number of alkyl halides is 3. The number of benzene rings is 1. The van der Waals surface area contributed by atoms with E-state index in [1.54, 1.807) is 44.2 Å². The molecule has 2 nitrogen and oxygen atoms in total. The summed E-state index contributed by atoms with van der Waals surface area (Å²) in [6.45, 7) is 3.56. The molecule has 1 aromatic rings. The Balaban J connectivity index is 2.99. The van der Waals surface area contributed by atoms with E-state index in [0.717, 1.165) is 0 Å². The fourth-order valence-electron chi connectivity index (χ4n) is 1.25. The zero-order chi connectivity index (χ0) is 13.8. The standard InChI is InChI=1S/C13H13F3O2/c1-9(2)8-11(10-6-4-3-5-7-10)18-12(17)13(14,15)16/h3-9H,1-2H3. The van der Waals surface area contributed by atoms with Crippen LogP contribution in [0.2, 0.25) is 0 Å². The topological polar surface area (TPSA) is 26.3 Å². The van der Waals surface area contributed by atoms with E-state index >= 15 is 0 Å². The largest absolute Gasteiger partial charge is 0.491 e. The smallest absolute Gasteiger partial charge is 0.420 e. The van der Waals surface area contributed by atoms with Gasteiger partial charge in [0.05, 0.1) is 0 Å². The average Bonchev–Trinajstić information content (AvgIpc) is 2.27. The van der Waals surface area contributed by atoms with E-state index in [9.17, 15) is 18.0 Å². The van der Waals surface area contributed by atoms with Crippen molar-refractivity contribution < 1.29 is 22.7 Å². The molecule has 0 unspecified atom stereocenters. The Hall–Kier alpha value is -1.78. The van der Waals surface area contributed by atoms with Crippen LogP contribution in [-0.2, 0) is 9.53 Å². The van der Waals surface area contributed by atoms with E-state index in [4.69, 9.17) is 0 Å². The van der Waals surface area contributed by atoms with Gasteiger partial charge in [0.1, 0.15) is 5.76 Å². The van der Waals surface area contributed by atoms with Crippen molar-refractivity contribution in [1.29, 1.82) is 0 Å². The highest BCUT2D eigenvalue weighted by atomic mass is 19.4. The highest BCUT2D eigenvalue weighted by Gasteiger charge is 2.41. The minimum atomic E-state index is -5.00. The van der Waals surface area contributed by atoms with E-state index in [-0.39, 0.29) is 11.7 Å². The summed E-state index contributed by atoms with van der Waals surface area (Å²) < 4.78 is 40.9. The average molecular weight is 258 g/mol. The molecule has 98 valence electrons. The molecule has 0 aliphatic carbocycles. The van der Waals surface area contributed by atoms with Gasteiger partial charge in [0, 0.05) is 5.56 Å². The van der Waals surface area contributed by atoms with Gasteiger partial charge in [-0.05, 0) is 12.0 Å². The highest BCUT2D eigenvalue weighted by molar-refractivity contribution is 5.82. The molecule has 0 fully saturated rings. The maximum Gasteiger partial charge on any atom is 0.491 e. The van der Waals surface area contributed by atoms with Gasteiger partial charge in [0.2, 0.25) is 0 Å². The van der Waals surface area contributed by atoms with Crippen molar-refractivity contribution in [2.45, 2.75) is 20.0 Å². The second-order valence-corrected chi connectivity index (χ2v) is 4.03. The minimum absolute atomic E-state index is 0.0405. The molecule has 0 saturated heterocycles. The number of halogens is 3. The summed E-state index contributed by atoms with van der Waals surface area (Å²) in [6, 6.07) is 8.20. The molecule has 0 heterocycles. The number of allylic oxidation sites excluding steroid dienone is 1. The number of esters is 1. The van der Waals surface area contributed by atoms with Gasteiger partial charge in [-0.1, -0.05) is 44.2 Å². The van der Waals surface area contributed by atoms with Gasteiger partial charge in [0.15, 0.2) is 0 Å². The van der Waals surface area contributed by atoms with Gasteiger partial charge in [-0.25, -0.2) is 4.79 Å². The maximum absolute atomic E-state index is 12.2. The number of carbonyl (C=O) groups excluding carboxylic acids is 1. The summed E-state index contributed by atoms with van der Waals surface area (Å²) in [7, 11) is 0. The zero-order valence-electron chi connectivity index (χ0n) is 9.99. The Labute approximate surface area is 103 Å². The van der Waals surface area contributed by atoms with Gasteiger partial charge in [-0.3, -0.25) is 0 Å². The molecule has 5 heteroatoms. The molecule has 0 N–H and O–H groups in total. The van der Waals surface area contributed by atoms with E-state index in [0.29, 0.717) is 5.56 Å². The van der Waals surface area contributed by atoms with Crippen LogP contribution in [0, 0.1) is 5.92 Å². The molecule has 1 rings (SSSR count). The lowest BCUT2D eigenvalue weighted by Crippen LogP contribution is -2.25. The molecule has 0 aromatic heterocycles. The Bertz CT molecular complexity index is 433. The second kappa shape index (κ2) is 5.71. The molecule has 0 atom stereocenters. The van der Waals surface area contributed by atoms with Crippen LogP contribution in [0.1, 0.15) is 19.4 Å². The van der Waals surface area contributed by atoms with Crippen LogP contribution in [0.25, 0.3) is 5.76 Å². The number of hydrogen-bond acceptors (Lipinski definition) is 2. The van der Waals surface area contributed by atoms with E-state index in [1.165, 1.54) is 6.08 Å². The van der Waals surface area contributed by atoms with Crippen molar-refractivity contribution in [1.82, 2.24) is 0 Å². The van der Waals surface area contributed by atoms with Crippen LogP contribution in [0.5, 0.6) is 0 Å². The van der Waals surface area contributed by atoms with Crippen LogP contribution in [-0.4, -0.2) is 12.1 Å². The Morgan fingerprint density at radius 3 is 2.22 bits per heavy atom. The molecule has 0 radical (unpaired) electrons. The summed E-state index contributed by atoms with van der Waals surface area (Å²) in [5.74, 6) is -2.33. The first-order chi connectivity index (χ1) is 8.30. The predicted octanol–water partition coefficient (Wildman–Crippen LogP) is 3.79. The first-order valence-electron chi connectivity index (χ1n) is 5.37. The van der Waals surface area contributed by atoms with E-state index in [1.807, 2.05) is 0 Å². The van der Waals surface area contributed by atoms with Crippen molar-refractivity contribution in [2.75, 3.05) is 0 Å². The Morgan fingerprint density at radius 2 is 1.78 bits per heavy atom. The van der Waals surface area contributed by atoms with Crippen molar-refractivity contribution in [2.24, 2.45) is 5.92 Å². The predicted molar refractivity (Wildman–Crippen MR) is 61.4 cm³/mol. The monoisotopic (exact) mass is 258 g/mol. The molecular weight excluding hydrogens is 245 g/mol. The van der Waals surface area contributed by atoms with Crippen LogP contribution in [0.15, 0.2) is 36.4 Å². The number of ether oxygens (including phenoxy) is 1. The third-order valence-corrected chi connectivity index (χ3v) is 1.98. The van der Waals surface area contributed by atoms with Gasteiger partial charge in [0.25, 0.3) is 0 Å². The van der Waals surface area contributed by atoms with Crippen LogP contribution >= 0.6 is 0 Å². The Kier molecular flexibility index (Phi) is 4.53. The molecule has 0 saturated carbocycles. The molecule has 18 heavy (non-hydrogen) atoms. The lowest BCUT2D eigenvalue weighted by atomic mass is 10.1. The molecule has 0 aliphatic heterocycles. The first kappa shape index (κ1) is 14.3. The number of carbonyl (C=O) groups is 1. The van der Waals surface area contributed by atoms with Crippen molar-refractivity contribution >= 4 is 11.7 Å². The Morgan fingerprint density at radius 1 is 1.22 bits per heavy atom. The lowest BCUT2D eigenvalue weighted by molar-refractivity contribution is -0.192. The molecule has 0 amide bonds. The fraction of sp³-hybridized carbons (Fsp3) is 0.308. The van der Waals surface area contributed by atoms with Crippen molar-refractivity contribution in [3.63, 3.8) is 0 Å². The van der Waals surface area contributed by atoms with Gasteiger partial charge in [-0.15, -0.1) is 0 Å². The normalized spacial score (nSPS) is 12.7.